The summed E-state index contributed by atoms with van der Waals surface area (Å²) >= 11 is 11.8. The third-order valence-corrected chi connectivity index (χ3v) is 3.64. The van der Waals surface area contributed by atoms with Gasteiger partial charge in [0.15, 0.2) is 0 Å². The fraction of sp³-hybridized carbons (Fsp3) is 0.286. The Kier molecular flexibility index (Phi) is 4.68. The second-order valence-electron chi connectivity index (χ2n) is 4.71. The van der Waals surface area contributed by atoms with Gasteiger partial charge in [0.05, 0.1) is 5.92 Å². The molecule has 0 aliphatic carbocycles. The van der Waals surface area contributed by atoms with Crippen molar-refractivity contribution in [3.8, 4) is 0 Å². The summed E-state index contributed by atoms with van der Waals surface area (Å²) in [6.07, 6.45) is 3.72. The number of carbonyl (C=O) groups excluding carboxylic acids is 2. The van der Waals surface area contributed by atoms with Gasteiger partial charge in [0.1, 0.15) is 0 Å². The lowest BCUT2D eigenvalue weighted by molar-refractivity contribution is -0.125. The lowest BCUT2D eigenvalue weighted by atomic mass is 10.1. The summed E-state index contributed by atoms with van der Waals surface area (Å²) in [5.74, 6) is -0.747. The van der Waals surface area contributed by atoms with Gasteiger partial charge in [0.25, 0.3) is 0 Å². The van der Waals surface area contributed by atoms with Crippen molar-refractivity contribution in [1.29, 1.82) is 0 Å². The molecule has 1 aliphatic rings. The number of benzene rings is 1. The number of hydrogen-bond acceptors (Lipinski definition) is 2. The van der Waals surface area contributed by atoms with Crippen LogP contribution in [0.1, 0.15) is 12.0 Å². The summed E-state index contributed by atoms with van der Waals surface area (Å²) < 4.78 is 0. The highest BCUT2D eigenvalue weighted by Crippen LogP contribution is 2.20. The zero-order valence-electron chi connectivity index (χ0n) is 10.7. The molecule has 1 aliphatic heterocycles. The van der Waals surface area contributed by atoms with Gasteiger partial charge >= 0.3 is 0 Å². The molecule has 0 aromatic heterocycles. The van der Waals surface area contributed by atoms with Gasteiger partial charge in [0.2, 0.25) is 11.8 Å². The fourth-order valence-electron chi connectivity index (χ4n) is 2.14. The molecule has 20 heavy (non-hydrogen) atoms. The van der Waals surface area contributed by atoms with E-state index in [1.165, 1.54) is 6.08 Å². The van der Waals surface area contributed by atoms with E-state index in [1.54, 1.807) is 29.2 Å². The topological polar surface area (TPSA) is 63.4 Å². The Labute approximate surface area is 127 Å². The van der Waals surface area contributed by atoms with Gasteiger partial charge in [-0.15, -0.1) is 0 Å². The van der Waals surface area contributed by atoms with E-state index in [2.05, 4.69) is 0 Å². The largest absolute Gasteiger partial charge is 0.369 e. The maximum atomic E-state index is 12.0. The average molecular weight is 313 g/mol. The summed E-state index contributed by atoms with van der Waals surface area (Å²) in [4.78, 5) is 24.6. The van der Waals surface area contributed by atoms with Crippen LogP contribution in [0, 0.1) is 5.92 Å². The second-order valence-corrected chi connectivity index (χ2v) is 5.58. The normalized spacial score (nSPS) is 18.7. The molecule has 1 atom stereocenters. The Morgan fingerprint density at radius 3 is 2.45 bits per heavy atom. The maximum Gasteiger partial charge on any atom is 0.246 e. The first-order valence-electron chi connectivity index (χ1n) is 6.18. The molecule has 1 aromatic carbocycles. The molecule has 0 spiro atoms. The Morgan fingerprint density at radius 2 is 1.90 bits per heavy atom. The summed E-state index contributed by atoms with van der Waals surface area (Å²) in [7, 11) is 0. The van der Waals surface area contributed by atoms with Crippen LogP contribution in [0.15, 0.2) is 24.3 Å². The Morgan fingerprint density at radius 1 is 1.25 bits per heavy atom. The molecule has 1 aromatic rings. The predicted octanol–water partition coefficient (Wildman–Crippen LogP) is 2.34. The van der Waals surface area contributed by atoms with Gasteiger partial charge < -0.3 is 10.6 Å². The van der Waals surface area contributed by atoms with E-state index in [-0.39, 0.29) is 17.7 Å². The van der Waals surface area contributed by atoms with Gasteiger partial charge in [0, 0.05) is 29.2 Å². The predicted molar refractivity (Wildman–Crippen MR) is 79.4 cm³/mol. The van der Waals surface area contributed by atoms with Crippen LogP contribution in [0.4, 0.5) is 0 Å². The first-order chi connectivity index (χ1) is 9.45. The molecule has 4 nitrogen and oxygen atoms in total. The number of nitrogens with zero attached hydrogens (tertiary/aromatic N) is 1. The van der Waals surface area contributed by atoms with Crippen molar-refractivity contribution in [3.63, 3.8) is 0 Å². The second kappa shape index (κ2) is 6.29. The van der Waals surface area contributed by atoms with Gasteiger partial charge in [-0.3, -0.25) is 9.59 Å². The summed E-state index contributed by atoms with van der Waals surface area (Å²) in [5, 5.41) is 1.03. The highest BCUT2D eigenvalue weighted by molar-refractivity contribution is 6.34. The zero-order chi connectivity index (χ0) is 14.7. The highest BCUT2D eigenvalue weighted by atomic mass is 35.5. The van der Waals surface area contributed by atoms with E-state index in [1.807, 2.05) is 0 Å². The molecule has 1 heterocycles. The van der Waals surface area contributed by atoms with Gasteiger partial charge in [-0.05, 0) is 36.3 Å². The number of likely N-dealkylation sites (tertiary alicyclic amines) is 1. The number of hydrogen-bond donors (Lipinski definition) is 1. The number of carbonyl (C=O) groups is 2. The zero-order valence-corrected chi connectivity index (χ0v) is 12.2. The summed E-state index contributed by atoms with van der Waals surface area (Å²) in [6, 6.07) is 5.06. The number of amides is 2. The van der Waals surface area contributed by atoms with Crippen LogP contribution in [0.3, 0.4) is 0 Å². The van der Waals surface area contributed by atoms with Crippen molar-refractivity contribution in [2.45, 2.75) is 6.42 Å². The SMILES string of the molecule is NC(=O)[C@@H]1CCN(C(=O)/C=C/c2cc(Cl)cc(Cl)c2)C1. The lowest BCUT2D eigenvalue weighted by Crippen LogP contribution is -2.30. The smallest absolute Gasteiger partial charge is 0.246 e. The number of rotatable bonds is 3. The van der Waals surface area contributed by atoms with Crippen molar-refractivity contribution >= 4 is 41.1 Å². The molecule has 2 N–H and O–H groups in total. The van der Waals surface area contributed by atoms with Gasteiger partial charge in [-0.1, -0.05) is 23.2 Å². The van der Waals surface area contributed by atoms with Crippen LogP contribution >= 0.6 is 23.2 Å². The molecule has 6 heteroatoms. The van der Waals surface area contributed by atoms with Crippen LogP contribution < -0.4 is 5.73 Å². The standard InChI is InChI=1S/C14H14Cl2N2O2/c15-11-5-9(6-12(16)7-11)1-2-13(19)18-4-3-10(8-18)14(17)20/h1-2,5-7,10H,3-4,8H2,(H2,17,20)/b2-1+/t10-/m1/s1. The molecule has 2 rings (SSSR count). The molecule has 0 unspecified atom stereocenters. The molecule has 1 fully saturated rings. The molecular formula is C14H14Cl2N2O2. The quantitative estimate of drug-likeness (QED) is 0.871. The molecule has 106 valence electrons. The van der Waals surface area contributed by atoms with Crippen molar-refractivity contribution in [2.75, 3.05) is 13.1 Å². The van der Waals surface area contributed by atoms with Crippen molar-refractivity contribution < 1.29 is 9.59 Å². The summed E-state index contributed by atoms with van der Waals surface area (Å²) in [6.45, 7) is 0.932. The van der Waals surface area contributed by atoms with Crippen molar-refractivity contribution in [3.05, 3.63) is 39.9 Å². The van der Waals surface area contributed by atoms with Crippen LogP contribution in [0.5, 0.6) is 0 Å². The van der Waals surface area contributed by atoms with Crippen LogP contribution in [-0.2, 0) is 9.59 Å². The number of primary amides is 1. The van der Waals surface area contributed by atoms with E-state index in [0.29, 0.717) is 29.6 Å². The fourth-order valence-corrected chi connectivity index (χ4v) is 2.68. The van der Waals surface area contributed by atoms with E-state index < -0.39 is 0 Å². The minimum atomic E-state index is -0.356. The van der Waals surface area contributed by atoms with Crippen LogP contribution in [0.25, 0.3) is 6.08 Å². The minimum absolute atomic E-state index is 0.148. The van der Waals surface area contributed by atoms with Gasteiger partial charge in [-0.2, -0.15) is 0 Å². The highest BCUT2D eigenvalue weighted by Gasteiger charge is 2.28. The molecule has 0 radical (unpaired) electrons. The Bertz CT molecular complexity index is 552. The van der Waals surface area contributed by atoms with Crippen LogP contribution in [-0.4, -0.2) is 29.8 Å². The van der Waals surface area contributed by atoms with Crippen LogP contribution in [0.2, 0.25) is 10.0 Å². The number of halogens is 2. The van der Waals surface area contributed by atoms with E-state index in [9.17, 15) is 9.59 Å². The Balaban J connectivity index is 2.01. The molecular weight excluding hydrogens is 299 g/mol. The molecule has 0 bridgehead atoms. The van der Waals surface area contributed by atoms with E-state index in [4.69, 9.17) is 28.9 Å². The third-order valence-electron chi connectivity index (χ3n) is 3.21. The maximum absolute atomic E-state index is 12.0. The lowest BCUT2D eigenvalue weighted by Gasteiger charge is -2.13. The molecule has 0 saturated carbocycles. The monoisotopic (exact) mass is 312 g/mol. The van der Waals surface area contributed by atoms with Crippen molar-refractivity contribution in [1.82, 2.24) is 4.90 Å². The summed E-state index contributed by atoms with van der Waals surface area (Å²) in [5.41, 5.74) is 5.99. The first-order valence-corrected chi connectivity index (χ1v) is 6.93. The minimum Gasteiger partial charge on any atom is -0.369 e. The van der Waals surface area contributed by atoms with E-state index >= 15 is 0 Å². The third kappa shape index (κ3) is 3.74. The van der Waals surface area contributed by atoms with Gasteiger partial charge in [-0.25, -0.2) is 0 Å². The molecule has 1 saturated heterocycles. The van der Waals surface area contributed by atoms with E-state index in [0.717, 1.165) is 5.56 Å². The average Bonchev–Trinajstić information content (AvgIpc) is 2.84. The Hall–Kier alpha value is -1.52. The molecule has 2 amide bonds. The number of nitrogens with two attached hydrogens (primary N) is 1. The van der Waals surface area contributed by atoms with Crippen molar-refractivity contribution in [2.24, 2.45) is 11.7 Å². The first kappa shape index (κ1) is 14.9.